The van der Waals surface area contributed by atoms with Gasteiger partial charge in [-0.2, -0.15) is 4.98 Å². The van der Waals surface area contributed by atoms with Crippen molar-refractivity contribution in [1.29, 1.82) is 0 Å². The second-order valence-corrected chi connectivity index (χ2v) is 7.69. The van der Waals surface area contributed by atoms with E-state index in [1.165, 1.54) is 0 Å². The van der Waals surface area contributed by atoms with Gasteiger partial charge in [-0.25, -0.2) is 8.42 Å². The minimum atomic E-state index is -3.09. The highest BCUT2D eigenvalue weighted by Gasteiger charge is 2.34. The summed E-state index contributed by atoms with van der Waals surface area (Å²) in [6.07, 6.45) is 4.38. The number of aromatic nitrogens is 2. The number of piperidine rings is 1. The normalized spacial score (nSPS) is 31.2. The lowest BCUT2D eigenvalue weighted by molar-refractivity contribution is 0.319. The van der Waals surface area contributed by atoms with Crippen LogP contribution in [0.1, 0.15) is 55.0 Å². The molecule has 2 atom stereocenters. The lowest BCUT2D eigenvalue weighted by atomic mass is 10.00. The fourth-order valence-corrected chi connectivity index (χ4v) is 4.68. The van der Waals surface area contributed by atoms with E-state index in [0.29, 0.717) is 18.1 Å². The minimum Gasteiger partial charge on any atom is -0.339 e. The number of sulfone groups is 1. The molecule has 2 aliphatic heterocycles. The zero-order valence-corrected chi connectivity index (χ0v) is 11.7. The van der Waals surface area contributed by atoms with Crippen LogP contribution >= 0.6 is 0 Å². The van der Waals surface area contributed by atoms with Gasteiger partial charge in [-0.1, -0.05) is 11.6 Å². The summed E-state index contributed by atoms with van der Waals surface area (Å²) in [6.45, 7) is 1.85. The topological polar surface area (TPSA) is 85.1 Å². The van der Waals surface area contributed by atoms with Gasteiger partial charge in [0.05, 0.1) is 11.7 Å². The summed E-state index contributed by atoms with van der Waals surface area (Å²) in [6, 6.07) is 0. The fourth-order valence-electron chi connectivity index (χ4n) is 2.85. The molecule has 2 unspecified atom stereocenters. The zero-order valence-electron chi connectivity index (χ0n) is 10.8. The summed E-state index contributed by atoms with van der Waals surface area (Å²) in [5, 5.41) is 6.65. The Morgan fingerprint density at radius 3 is 2.84 bits per heavy atom. The molecule has 0 saturated carbocycles. The first kappa shape index (κ1) is 13.1. The molecular weight excluding hydrogens is 266 g/mol. The number of rotatable bonds is 2. The van der Waals surface area contributed by atoms with E-state index in [9.17, 15) is 8.42 Å². The van der Waals surface area contributed by atoms with Crippen molar-refractivity contribution < 1.29 is 12.9 Å². The van der Waals surface area contributed by atoms with Crippen LogP contribution in [0, 0.1) is 0 Å². The minimum absolute atomic E-state index is 0.223. The lowest BCUT2D eigenvalue weighted by Crippen LogP contribution is -2.28. The summed E-state index contributed by atoms with van der Waals surface area (Å²) < 4.78 is 29.4. The van der Waals surface area contributed by atoms with E-state index in [2.05, 4.69) is 15.5 Å². The van der Waals surface area contributed by atoms with Gasteiger partial charge in [0, 0.05) is 6.54 Å². The van der Waals surface area contributed by atoms with Crippen LogP contribution in [0.2, 0.25) is 0 Å². The van der Waals surface area contributed by atoms with Crippen LogP contribution in [-0.2, 0) is 9.84 Å². The Morgan fingerprint density at radius 2 is 2.11 bits per heavy atom. The van der Waals surface area contributed by atoms with Gasteiger partial charge in [0.2, 0.25) is 5.89 Å². The molecule has 1 aromatic heterocycles. The van der Waals surface area contributed by atoms with Gasteiger partial charge in [0.1, 0.15) is 5.25 Å². The van der Waals surface area contributed by atoms with Crippen LogP contribution in [0.15, 0.2) is 4.52 Å². The Balaban J connectivity index is 1.80. The van der Waals surface area contributed by atoms with E-state index >= 15 is 0 Å². The first-order valence-corrected chi connectivity index (χ1v) is 8.64. The van der Waals surface area contributed by atoms with Crippen LogP contribution in [0.5, 0.6) is 0 Å². The Kier molecular flexibility index (Phi) is 3.58. The maximum atomic E-state index is 12.0. The number of hydrogen-bond acceptors (Lipinski definition) is 6. The molecule has 0 amide bonds. The molecule has 106 valence electrons. The monoisotopic (exact) mass is 285 g/mol. The predicted octanol–water partition coefficient (Wildman–Crippen LogP) is 1.18. The smallest absolute Gasteiger partial charge is 0.231 e. The third-order valence-electron chi connectivity index (χ3n) is 3.97. The summed E-state index contributed by atoms with van der Waals surface area (Å²) in [5.74, 6) is 1.41. The van der Waals surface area contributed by atoms with Crippen molar-refractivity contribution in [3.8, 4) is 0 Å². The van der Waals surface area contributed by atoms with Crippen LogP contribution in [0.4, 0.5) is 0 Å². The Hall–Kier alpha value is -0.950. The van der Waals surface area contributed by atoms with E-state index in [-0.39, 0.29) is 11.7 Å². The predicted molar refractivity (Wildman–Crippen MR) is 69.5 cm³/mol. The molecule has 0 radical (unpaired) electrons. The van der Waals surface area contributed by atoms with Crippen LogP contribution in [0.3, 0.4) is 0 Å². The van der Waals surface area contributed by atoms with Gasteiger partial charge in [-0.05, 0) is 32.2 Å². The van der Waals surface area contributed by atoms with Gasteiger partial charge in [-0.3, -0.25) is 0 Å². The molecule has 2 aliphatic rings. The first-order chi connectivity index (χ1) is 9.17. The van der Waals surface area contributed by atoms with E-state index in [1.807, 2.05) is 0 Å². The molecule has 3 rings (SSSR count). The summed E-state index contributed by atoms with van der Waals surface area (Å²) in [4.78, 5) is 4.36. The van der Waals surface area contributed by atoms with E-state index in [1.54, 1.807) is 0 Å². The highest BCUT2D eigenvalue weighted by Crippen LogP contribution is 2.32. The van der Waals surface area contributed by atoms with Crippen molar-refractivity contribution in [1.82, 2.24) is 15.5 Å². The molecule has 1 aromatic rings. The first-order valence-electron chi connectivity index (χ1n) is 6.92. The molecule has 0 spiro atoms. The quantitative estimate of drug-likeness (QED) is 0.878. The highest BCUT2D eigenvalue weighted by atomic mass is 32.2. The Bertz CT molecular complexity index is 534. The molecular formula is C12H19N3O3S. The molecule has 7 heteroatoms. The Labute approximate surface area is 112 Å². The highest BCUT2D eigenvalue weighted by molar-refractivity contribution is 7.91. The van der Waals surface area contributed by atoms with Crippen molar-refractivity contribution in [3.63, 3.8) is 0 Å². The molecule has 19 heavy (non-hydrogen) atoms. The molecule has 0 bridgehead atoms. The average molecular weight is 285 g/mol. The fraction of sp³-hybridized carbons (Fsp3) is 0.833. The molecule has 1 N–H and O–H groups in total. The second-order valence-electron chi connectivity index (χ2n) is 5.39. The summed E-state index contributed by atoms with van der Waals surface area (Å²) in [5.41, 5.74) is 0. The SMILES string of the molecule is O=S1(=O)CCCCC1c1noc(C2CCCNC2)n1. The molecule has 2 fully saturated rings. The molecule has 3 heterocycles. The molecule has 0 aromatic carbocycles. The van der Waals surface area contributed by atoms with Gasteiger partial charge in [0.15, 0.2) is 15.7 Å². The number of nitrogens with one attached hydrogen (secondary N) is 1. The number of nitrogens with zero attached hydrogens (tertiary/aromatic N) is 2. The maximum absolute atomic E-state index is 12.0. The third kappa shape index (κ3) is 2.67. The van der Waals surface area contributed by atoms with Crippen LogP contribution in [-0.4, -0.2) is 37.4 Å². The maximum Gasteiger partial charge on any atom is 0.231 e. The lowest BCUT2D eigenvalue weighted by Gasteiger charge is -2.19. The zero-order chi connectivity index (χ0) is 13.3. The average Bonchev–Trinajstić information content (AvgIpc) is 2.88. The largest absolute Gasteiger partial charge is 0.339 e. The summed E-state index contributed by atoms with van der Waals surface area (Å²) >= 11 is 0. The van der Waals surface area contributed by atoms with Crippen molar-refractivity contribution in [2.45, 2.75) is 43.3 Å². The van der Waals surface area contributed by atoms with Gasteiger partial charge in [-0.15, -0.1) is 0 Å². The second kappa shape index (κ2) is 5.20. The van der Waals surface area contributed by atoms with Crippen LogP contribution in [0.25, 0.3) is 0 Å². The van der Waals surface area contributed by atoms with Crippen LogP contribution < -0.4 is 5.32 Å². The van der Waals surface area contributed by atoms with Gasteiger partial charge in [0.25, 0.3) is 0 Å². The third-order valence-corrected chi connectivity index (χ3v) is 6.14. The molecule has 0 aliphatic carbocycles. The molecule has 2 saturated heterocycles. The van der Waals surface area contributed by atoms with Gasteiger partial charge < -0.3 is 9.84 Å². The van der Waals surface area contributed by atoms with E-state index in [4.69, 9.17) is 4.52 Å². The van der Waals surface area contributed by atoms with Crippen molar-refractivity contribution in [3.05, 3.63) is 11.7 Å². The van der Waals surface area contributed by atoms with Crippen molar-refractivity contribution in [2.24, 2.45) is 0 Å². The summed E-state index contributed by atoms with van der Waals surface area (Å²) in [7, 11) is -3.09. The van der Waals surface area contributed by atoms with E-state index in [0.717, 1.165) is 38.8 Å². The van der Waals surface area contributed by atoms with Crippen molar-refractivity contribution in [2.75, 3.05) is 18.8 Å². The van der Waals surface area contributed by atoms with Gasteiger partial charge >= 0.3 is 0 Å². The Morgan fingerprint density at radius 1 is 1.21 bits per heavy atom. The van der Waals surface area contributed by atoms with E-state index < -0.39 is 15.1 Å². The van der Waals surface area contributed by atoms with Crippen molar-refractivity contribution >= 4 is 9.84 Å². The number of hydrogen-bond donors (Lipinski definition) is 1. The molecule has 6 nitrogen and oxygen atoms in total. The standard InChI is InChI=1S/C12H19N3O3S/c16-19(17)7-2-1-5-10(19)11-14-12(18-15-11)9-4-3-6-13-8-9/h9-10,13H,1-8H2.